The third-order valence-corrected chi connectivity index (χ3v) is 10.3. The number of carbonyl (C=O) groups is 2. The number of benzene rings is 1. The van der Waals surface area contributed by atoms with Crippen LogP contribution in [0.3, 0.4) is 0 Å². The van der Waals surface area contributed by atoms with Gasteiger partial charge in [0.25, 0.3) is 0 Å². The molecule has 2 fully saturated rings. The van der Waals surface area contributed by atoms with Gasteiger partial charge in [-0.2, -0.15) is 5.26 Å². The van der Waals surface area contributed by atoms with Gasteiger partial charge in [0, 0.05) is 0 Å². The first-order chi connectivity index (χ1) is 17.2. The number of aryl methyl sites for hydroxylation is 1. The van der Waals surface area contributed by atoms with Crippen LogP contribution in [-0.2, 0) is 14.3 Å². The van der Waals surface area contributed by atoms with Crippen molar-refractivity contribution >= 4 is 35.5 Å². The maximum Gasteiger partial charge on any atom is 0.350 e. The van der Waals surface area contributed by atoms with E-state index in [1.807, 2.05) is 6.07 Å². The third-order valence-electron chi connectivity index (χ3n) is 7.66. The fourth-order valence-electron chi connectivity index (χ4n) is 5.53. The summed E-state index contributed by atoms with van der Waals surface area (Å²) in [5.74, 6) is 1.74. The van der Waals surface area contributed by atoms with E-state index < -0.39 is 5.97 Å². The number of rotatable bonds is 5. The highest BCUT2D eigenvalue weighted by atomic mass is 32.2. The fourth-order valence-corrected chi connectivity index (χ4v) is 8.12. The molecule has 194 valence electrons. The van der Waals surface area contributed by atoms with E-state index in [2.05, 4.69) is 6.92 Å². The molecule has 1 aromatic carbocycles. The molecule has 6 nitrogen and oxygen atoms in total. The summed E-state index contributed by atoms with van der Waals surface area (Å²) in [6, 6.07) is 3.60. The number of phenolic OH excluding ortho intramolecular Hbond substituents is 1. The van der Waals surface area contributed by atoms with Crippen molar-refractivity contribution in [1.29, 1.82) is 5.26 Å². The van der Waals surface area contributed by atoms with Gasteiger partial charge in [0.15, 0.2) is 5.57 Å². The number of nitriles is 1. The number of phenols is 1. The average Bonchev–Trinajstić information content (AvgIpc) is 3.28. The number of esters is 2. The van der Waals surface area contributed by atoms with E-state index in [4.69, 9.17) is 9.47 Å². The van der Waals surface area contributed by atoms with Crippen LogP contribution >= 0.6 is 23.5 Å². The lowest BCUT2D eigenvalue weighted by atomic mass is 9.69. The minimum atomic E-state index is -0.700. The zero-order valence-electron chi connectivity index (χ0n) is 21.5. The predicted molar refractivity (Wildman–Crippen MR) is 141 cm³/mol. The van der Waals surface area contributed by atoms with Gasteiger partial charge in [-0.3, -0.25) is 4.79 Å². The van der Waals surface area contributed by atoms with Crippen molar-refractivity contribution in [1.82, 2.24) is 0 Å². The van der Waals surface area contributed by atoms with Gasteiger partial charge in [0.2, 0.25) is 0 Å². The molecule has 0 bridgehead atoms. The molecule has 0 saturated heterocycles. The normalized spacial score (nSPS) is 27.2. The molecule has 8 heteroatoms. The number of ether oxygens (including phenoxy) is 2. The molecule has 0 spiro atoms. The monoisotopic (exact) mass is 529 g/mol. The van der Waals surface area contributed by atoms with Crippen molar-refractivity contribution in [2.24, 2.45) is 23.7 Å². The molecule has 1 N–H and O–H groups in total. The van der Waals surface area contributed by atoms with Crippen LogP contribution in [0.1, 0.15) is 77.7 Å². The Balaban J connectivity index is 1.46. The number of hydrogen-bond acceptors (Lipinski definition) is 8. The molecule has 0 amide bonds. The van der Waals surface area contributed by atoms with Crippen LogP contribution in [0.25, 0.3) is 0 Å². The van der Waals surface area contributed by atoms with E-state index >= 15 is 0 Å². The highest BCUT2D eigenvalue weighted by molar-refractivity contribution is 8.24. The van der Waals surface area contributed by atoms with E-state index in [0.717, 1.165) is 67.0 Å². The summed E-state index contributed by atoms with van der Waals surface area (Å²) in [4.78, 5) is 26.6. The first-order valence-corrected chi connectivity index (χ1v) is 14.6. The summed E-state index contributed by atoms with van der Waals surface area (Å²) >= 11 is 2.30. The van der Waals surface area contributed by atoms with Crippen LogP contribution in [0.5, 0.6) is 11.5 Å². The van der Waals surface area contributed by atoms with Crippen molar-refractivity contribution in [2.45, 2.75) is 95.0 Å². The van der Waals surface area contributed by atoms with Crippen LogP contribution in [0.2, 0.25) is 0 Å². The van der Waals surface area contributed by atoms with Crippen molar-refractivity contribution in [2.75, 3.05) is 0 Å². The van der Waals surface area contributed by atoms with Crippen molar-refractivity contribution in [3.63, 3.8) is 0 Å². The Bertz CT molecular complexity index is 1090. The zero-order chi connectivity index (χ0) is 26.0. The summed E-state index contributed by atoms with van der Waals surface area (Å²) in [6.45, 7) is 7.53. The smallest absolute Gasteiger partial charge is 0.350 e. The van der Waals surface area contributed by atoms with Crippen LogP contribution in [0.4, 0.5) is 0 Å². The highest BCUT2D eigenvalue weighted by Gasteiger charge is 2.35. The van der Waals surface area contributed by atoms with Crippen molar-refractivity contribution in [3.05, 3.63) is 21.4 Å². The Kier molecular flexibility index (Phi) is 8.62. The van der Waals surface area contributed by atoms with Gasteiger partial charge in [-0.05, 0) is 88.7 Å². The molecular weight excluding hydrogens is 494 g/mol. The number of carbonyl (C=O) groups excluding carboxylic acids is 2. The first kappa shape index (κ1) is 26.9. The molecule has 0 radical (unpaired) electrons. The average molecular weight is 530 g/mol. The molecule has 36 heavy (non-hydrogen) atoms. The Morgan fingerprint density at radius 2 is 1.61 bits per heavy atom. The lowest BCUT2D eigenvalue weighted by Gasteiger charge is -2.36. The van der Waals surface area contributed by atoms with Crippen LogP contribution in [0.15, 0.2) is 25.7 Å². The molecule has 1 aromatic rings. The molecule has 0 aromatic heterocycles. The van der Waals surface area contributed by atoms with E-state index in [9.17, 15) is 20.0 Å². The highest BCUT2D eigenvalue weighted by Crippen LogP contribution is 2.59. The topological polar surface area (TPSA) is 96.6 Å². The summed E-state index contributed by atoms with van der Waals surface area (Å²) in [7, 11) is 0. The van der Waals surface area contributed by atoms with Crippen molar-refractivity contribution < 1.29 is 24.2 Å². The van der Waals surface area contributed by atoms with E-state index in [1.165, 1.54) is 25.7 Å². The molecule has 2 aliphatic carbocycles. The lowest BCUT2D eigenvalue weighted by Crippen LogP contribution is -2.30. The minimum absolute atomic E-state index is 0.0640. The SMILES string of the molecule is Cc1cc(OC(=O)C2CCC(C3CCC(C)CC3)CC2)c2c(c1O)S/C(=C(\C#N)C(=O)OC(C)C)S2. The van der Waals surface area contributed by atoms with Crippen LogP contribution in [-0.4, -0.2) is 23.1 Å². The molecule has 1 heterocycles. The first-order valence-electron chi connectivity index (χ1n) is 13.0. The Labute approximate surface area is 222 Å². The maximum absolute atomic E-state index is 13.2. The molecule has 1 aliphatic heterocycles. The summed E-state index contributed by atoms with van der Waals surface area (Å²) in [5.41, 5.74) is 0.462. The van der Waals surface area contributed by atoms with E-state index in [0.29, 0.717) is 25.3 Å². The maximum atomic E-state index is 13.2. The van der Waals surface area contributed by atoms with Gasteiger partial charge in [-0.25, -0.2) is 4.79 Å². The standard InChI is InChI=1S/C28H35NO5S2/c1-15(2)33-27(32)21(14-29)28-35-24-22(13-17(4)23(30)25(24)36-28)34-26(31)20-11-9-19(10-12-20)18-7-5-16(3)6-8-18/h13,15-16,18-20,30H,5-12H2,1-4H3/b28-21+. The molecule has 3 aliphatic rings. The van der Waals surface area contributed by atoms with Gasteiger partial charge >= 0.3 is 11.9 Å². The van der Waals surface area contributed by atoms with Gasteiger partial charge in [0.1, 0.15) is 17.6 Å². The van der Waals surface area contributed by atoms with Gasteiger partial charge in [0.05, 0.1) is 26.1 Å². The van der Waals surface area contributed by atoms with Gasteiger partial charge in [-0.15, -0.1) is 0 Å². The van der Waals surface area contributed by atoms with Crippen LogP contribution < -0.4 is 4.74 Å². The second-order valence-electron chi connectivity index (χ2n) is 10.7. The third kappa shape index (κ3) is 5.89. The van der Waals surface area contributed by atoms with E-state index in [-0.39, 0.29) is 29.3 Å². The predicted octanol–water partition coefficient (Wildman–Crippen LogP) is 7.12. The Morgan fingerprint density at radius 3 is 2.19 bits per heavy atom. The fraction of sp³-hybridized carbons (Fsp3) is 0.607. The number of thioether (sulfide) groups is 2. The largest absolute Gasteiger partial charge is 0.506 e. The van der Waals surface area contributed by atoms with E-state index in [1.54, 1.807) is 26.8 Å². The zero-order valence-corrected chi connectivity index (χ0v) is 23.1. The molecular formula is C28H35NO5S2. The van der Waals surface area contributed by atoms with Gasteiger partial charge in [-0.1, -0.05) is 43.3 Å². The quantitative estimate of drug-likeness (QED) is 0.186. The second-order valence-corrected chi connectivity index (χ2v) is 13.0. The number of aromatic hydroxyl groups is 1. The molecule has 4 rings (SSSR count). The lowest BCUT2D eigenvalue weighted by molar-refractivity contribution is -0.142. The van der Waals surface area contributed by atoms with Gasteiger partial charge < -0.3 is 14.6 Å². The summed E-state index contributed by atoms with van der Waals surface area (Å²) in [5, 5.41) is 20.3. The minimum Gasteiger partial charge on any atom is -0.506 e. The van der Waals surface area contributed by atoms with Crippen molar-refractivity contribution in [3.8, 4) is 17.6 Å². The second kappa shape index (κ2) is 11.5. The van der Waals surface area contributed by atoms with Crippen LogP contribution in [0, 0.1) is 41.9 Å². The number of hydrogen-bond donors (Lipinski definition) is 1. The number of nitrogens with zero attached hydrogens (tertiary/aromatic N) is 1. The summed E-state index contributed by atoms with van der Waals surface area (Å²) in [6.07, 6.45) is 8.78. The Hall–Kier alpha value is -2.11. The number of fused-ring (bicyclic) bond motifs is 1. The summed E-state index contributed by atoms with van der Waals surface area (Å²) < 4.78 is 11.5. The molecule has 0 atom stereocenters. The molecule has 2 saturated carbocycles. The molecule has 0 unspecified atom stereocenters. The Morgan fingerprint density at radius 1 is 1.03 bits per heavy atom.